The van der Waals surface area contributed by atoms with Crippen molar-refractivity contribution in [2.24, 2.45) is 4.99 Å². The normalized spacial score (nSPS) is 11.6. The number of amides is 1. The van der Waals surface area contributed by atoms with E-state index in [-0.39, 0.29) is 11.7 Å². The maximum Gasteiger partial charge on any atom is 0.255 e. The van der Waals surface area contributed by atoms with E-state index in [0.29, 0.717) is 22.2 Å². The fourth-order valence-corrected chi connectivity index (χ4v) is 3.76. The summed E-state index contributed by atoms with van der Waals surface area (Å²) in [4.78, 5) is 21.1. The number of carbonyl (C=O) groups excluding carboxylic acids is 1. The number of pyridine rings is 1. The summed E-state index contributed by atoms with van der Waals surface area (Å²) in [5.74, 6) is -0.519. The Kier molecular flexibility index (Phi) is 7.70. The Morgan fingerprint density at radius 1 is 0.972 bits per heavy atom. The molecule has 0 saturated carbocycles. The molecule has 0 spiro atoms. The third-order valence-electron chi connectivity index (χ3n) is 5.71. The highest BCUT2D eigenvalue weighted by atomic mass is 19.1. The Balaban J connectivity index is 1.45. The third kappa shape index (κ3) is 5.93. The second-order valence-electron chi connectivity index (χ2n) is 8.28. The summed E-state index contributed by atoms with van der Waals surface area (Å²) in [6, 6.07) is 19.3. The van der Waals surface area contributed by atoms with E-state index in [0.717, 1.165) is 34.7 Å². The maximum atomic E-state index is 13.8. The van der Waals surface area contributed by atoms with Crippen molar-refractivity contribution in [2.45, 2.75) is 20.3 Å². The van der Waals surface area contributed by atoms with Gasteiger partial charge in [-0.05, 0) is 91.7 Å². The van der Waals surface area contributed by atoms with Crippen LogP contribution >= 0.6 is 0 Å². The number of nitrogens with one attached hydrogen (secondary N) is 3. The Hall–Kier alpha value is -4.52. The topological polar surface area (TPSA) is 78.4 Å². The number of allylic oxidation sites excluding steroid dienone is 2. The molecule has 1 aromatic heterocycles. The highest BCUT2D eigenvalue weighted by Gasteiger charge is 2.10. The molecule has 4 rings (SSSR count). The van der Waals surface area contributed by atoms with Crippen LogP contribution in [0, 0.1) is 12.7 Å². The number of aliphatic imine (C=N–C) groups is 1. The van der Waals surface area contributed by atoms with Gasteiger partial charge in [0.2, 0.25) is 0 Å². The van der Waals surface area contributed by atoms with Gasteiger partial charge in [0.25, 0.3) is 5.91 Å². The van der Waals surface area contributed by atoms with Gasteiger partial charge in [0, 0.05) is 58.9 Å². The monoisotopic (exact) mass is 481 g/mol. The molecule has 7 heteroatoms. The van der Waals surface area contributed by atoms with E-state index < -0.39 is 0 Å². The summed E-state index contributed by atoms with van der Waals surface area (Å²) in [6.45, 7) is 3.99. The lowest BCUT2D eigenvalue weighted by molar-refractivity contribution is 0.102. The summed E-state index contributed by atoms with van der Waals surface area (Å²) < 4.78 is 13.8. The second-order valence-corrected chi connectivity index (χ2v) is 8.28. The summed E-state index contributed by atoms with van der Waals surface area (Å²) >= 11 is 0. The van der Waals surface area contributed by atoms with E-state index in [1.54, 1.807) is 37.7 Å². The van der Waals surface area contributed by atoms with E-state index in [9.17, 15) is 9.18 Å². The van der Waals surface area contributed by atoms with E-state index >= 15 is 0 Å². The highest BCUT2D eigenvalue weighted by Crippen LogP contribution is 2.28. The number of fused-ring (bicyclic) bond motifs is 1. The first kappa shape index (κ1) is 24.6. The minimum absolute atomic E-state index is 0.199. The Morgan fingerprint density at radius 3 is 2.42 bits per heavy atom. The van der Waals surface area contributed by atoms with Gasteiger partial charge in [-0.25, -0.2) is 4.39 Å². The Labute approximate surface area is 210 Å². The summed E-state index contributed by atoms with van der Waals surface area (Å²) in [5, 5.41) is 10.3. The van der Waals surface area contributed by atoms with Crippen LogP contribution in [-0.2, 0) is 0 Å². The molecule has 0 atom stereocenters. The minimum atomic E-state index is -0.320. The molecule has 3 N–H and O–H groups in total. The predicted octanol–water partition coefficient (Wildman–Crippen LogP) is 7.08. The molecule has 0 bridgehead atoms. The molecule has 36 heavy (non-hydrogen) atoms. The number of carbonyl (C=O) groups is 1. The lowest BCUT2D eigenvalue weighted by Gasteiger charge is -2.14. The largest absolute Gasteiger partial charge is 0.359 e. The molecule has 0 radical (unpaired) electrons. The lowest BCUT2D eigenvalue weighted by Crippen LogP contribution is -2.12. The van der Waals surface area contributed by atoms with Crippen LogP contribution in [0.4, 0.5) is 27.1 Å². The fourth-order valence-electron chi connectivity index (χ4n) is 3.76. The van der Waals surface area contributed by atoms with Gasteiger partial charge in [-0.1, -0.05) is 6.92 Å². The molecule has 0 unspecified atom stereocenters. The smallest absolute Gasteiger partial charge is 0.255 e. The number of aryl methyl sites for hydroxylation is 1. The number of aromatic nitrogens is 1. The number of hydrogen-bond donors (Lipinski definition) is 3. The molecule has 6 nitrogen and oxygen atoms in total. The van der Waals surface area contributed by atoms with E-state index in [2.05, 4.69) is 32.9 Å². The van der Waals surface area contributed by atoms with Crippen LogP contribution in [0.1, 0.15) is 29.3 Å². The number of nitrogens with zero attached hydrogens (tertiary/aromatic N) is 2. The summed E-state index contributed by atoms with van der Waals surface area (Å²) in [6.07, 6.45) is 6.22. The van der Waals surface area contributed by atoms with Gasteiger partial charge in [-0.15, -0.1) is 0 Å². The SMILES string of the molecule is CC/C(=C\C=NC)Nc1ccc(NC(=O)c2ccc(Nc3ccnc4ccc(F)cc34)c(C)c2)cc1. The second kappa shape index (κ2) is 11.3. The van der Waals surface area contributed by atoms with E-state index in [4.69, 9.17) is 0 Å². The molecule has 0 aliphatic carbocycles. The molecule has 3 aromatic carbocycles. The predicted molar refractivity (Wildman–Crippen MR) is 147 cm³/mol. The van der Waals surface area contributed by atoms with Gasteiger partial charge >= 0.3 is 0 Å². The molecule has 0 saturated heterocycles. The van der Waals surface area contributed by atoms with Crippen molar-refractivity contribution in [1.29, 1.82) is 0 Å². The van der Waals surface area contributed by atoms with Gasteiger partial charge < -0.3 is 16.0 Å². The standard InChI is InChI=1S/C29H28FN5O/c1-4-22(13-15-31-3)33-23-7-9-24(10-8-23)34-29(36)20-5-11-26(19(2)17-20)35-28-14-16-32-27-12-6-21(30)18-25(27)28/h5-18,33H,4H2,1-3H3,(H,32,35)(H,34,36)/b22-13+,31-15?. The van der Waals surface area contributed by atoms with Crippen LogP contribution in [0.25, 0.3) is 10.9 Å². The molecular formula is C29H28FN5O. The van der Waals surface area contributed by atoms with Crippen molar-refractivity contribution in [2.75, 3.05) is 23.0 Å². The zero-order chi connectivity index (χ0) is 25.5. The van der Waals surface area contributed by atoms with Crippen LogP contribution in [0.5, 0.6) is 0 Å². The molecule has 1 heterocycles. The van der Waals surface area contributed by atoms with E-state index in [1.165, 1.54) is 12.1 Å². The van der Waals surface area contributed by atoms with E-state index in [1.807, 2.05) is 49.4 Å². The van der Waals surface area contributed by atoms with Crippen molar-refractivity contribution < 1.29 is 9.18 Å². The molecule has 0 aliphatic rings. The van der Waals surface area contributed by atoms with Crippen LogP contribution in [0.15, 0.2) is 89.7 Å². The van der Waals surface area contributed by atoms with Crippen molar-refractivity contribution in [3.05, 3.63) is 102 Å². The summed E-state index contributed by atoms with van der Waals surface area (Å²) in [7, 11) is 1.73. The van der Waals surface area contributed by atoms with Crippen LogP contribution in [0.2, 0.25) is 0 Å². The van der Waals surface area contributed by atoms with Crippen molar-refractivity contribution >= 4 is 45.8 Å². The van der Waals surface area contributed by atoms with Crippen LogP contribution < -0.4 is 16.0 Å². The third-order valence-corrected chi connectivity index (χ3v) is 5.71. The van der Waals surface area contributed by atoms with Gasteiger partial charge in [0.05, 0.1) is 5.52 Å². The van der Waals surface area contributed by atoms with Crippen molar-refractivity contribution in [3.8, 4) is 0 Å². The molecular weight excluding hydrogens is 453 g/mol. The van der Waals surface area contributed by atoms with Gasteiger partial charge in [-0.3, -0.25) is 14.8 Å². The van der Waals surface area contributed by atoms with Crippen LogP contribution in [-0.4, -0.2) is 24.2 Å². The fraction of sp³-hybridized carbons (Fsp3) is 0.138. The first-order valence-corrected chi connectivity index (χ1v) is 11.7. The highest BCUT2D eigenvalue weighted by molar-refractivity contribution is 6.05. The first-order valence-electron chi connectivity index (χ1n) is 11.7. The average molecular weight is 482 g/mol. The minimum Gasteiger partial charge on any atom is -0.359 e. The average Bonchev–Trinajstić information content (AvgIpc) is 2.89. The molecule has 1 amide bonds. The maximum absolute atomic E-state index is 13.8. The Bertz CT molecular complexity index is 1440. The molecule has 0 fully saturated rings. The summed E-state index contributed by atoms with van der Waals surface area (Å²) in [5.41, 5.74) is 6.38. The van der Waals surface area contributed by atoms with Crippen LogP contribution in [0.3, 0.4) is 0 Å². The van der Waals surface area contributed by atoms with Crippen molar-refractivity contribution in [3.63, 3.8) is 0 Å². The molecule has 0 aliphatic heterocycles. The zero-order valence-electron chi connectivity index (χ0n) is 20.5. The van der Waals surface area contributed by atoms with Gasteiger partial charge in [-0.2, -0.15) is 0 Å². The van der Waals surface area contributed by atoms with Gasteiger partial charge in [0.15, 0.2) is 0 Å². The number of rotatable bonds is 8. The quantitative estimate of drug-likeness (QED) is 0.235. The zero-order valence-corrected chi connectivity index (χ0v) is 20.5. The first-order chi connectivity index (χ1) is 17.5. The lowest BCUT2D eigenvalue weighted by atomic mass is 10.1. The number of hydrogen-bond acceptors (Lipinski definition) is 5. The molecule has 182 valence electrons. The molecule has 4 aromatic rings. The number of halogens is 1. The number of benzene rings is 3. The van der Waals surface area contributed by atoms with Crippen molar-refractivity contribution in [1.82, 2.24) is 4.98 Å². The van der Waals surface area contributed by atoms with Gasteiger partial charge in [0.1, 0.15) is 5.82 Å². The Morgan fingerprint density at radius 2 is 1.72 bits per heavy atom. The number of anilines is 4.